The Hall–Kier alpha value is -1.67. The van der Waals surface area contributed by atoms with E-state index in [4.69, 9.17) is 0 Å². The number of rotatable bonds is 4. The minimum atomic E-state index is -0.176. The van der Waals surface area contributed by atoms with Gasteiger partial charge in [-0.25, -0.2) is 4.39 Å². The lowest BCUT2D eigenvalue weighted by atomic mass is 9.86. The molecule has 0 fully saturated rings. The second-order valence-corrected chi connectivity index (χ2v) is 6.55. The number of halogens is 1. The average Bonchev–Trinajstić information content (AvgIpc) is 2.44. The summed E-state index contributed by atoms with van der Waals surface area (Å²) in [4.78, 5) is 0. The topological polar surface area (TPSA) is 12.0 Å². The summed E-state index contributed by atoms with van der Waals surface area (Å²) in [6.07, 6.45) is 0.781. The quantitative estimate of drug-likeness (QED) is 0.864. The Morgan fingerprint density at radius 2 is 1.71 bits per heavy atom. The first-order valence-electron chi connectivity index (χ1n) is 7.42. The maximum atomic E-state index is 13.3. The molecule has 0 aliphatic rings. The molecule has 1 N–H and O–H groups in total. The highest BCUT2D eigenvalue weighted by Gasteiger charge is 2.15. The zero-order valence-electron chi connectivity index (χ0n) is 13.3. The van der Waals surface area contributed by atoms with Gasteiger partial charge in [-0.1, -0.05) is 57.2 Å². The summed E-state index contributed by atoms with van der Waals surface area (Å²) in [5.74, 6) is -0.176. The largest absolute Gasteiger partial charge is 0.313 e. The molecule has 2 aromatic rings. The van der Waals surface area contributed by atoms with E-state index >= 15 is 0 Å². The van der Waals surface area contributed by atoms with Crippen LogP contribution in [0.2, 0.25) is 0 Å². The van der Waals surface area contributed by atoms with Crippen LogP contribution in [0.25, 0.3) is 0 Å². The molecule has 0 heterocycles. The molecule has 0 spiro atoms. The summed E-state index contributed by atoms with van der Waals surface area (Å²) in [5.41, 5.74) is 3.73. The first-order chi connectivity index (χ1) is 9.90. The number of hydrogen-bond donors (Lipinski definition) is 1. The van der Waals surface area contributed by atoms with Crippen molar-refractivity contribution in [1.29, 1.82) is 0 Å². The van der Waals surface area contributed by atoms with Crippen LogP contribution in [0.4, 0.5) is 4.39 Å². The van der Waals surface area contributed by atoms with Crippen molar-refractivity contribution < 1.29 is 4.39 Å². The maximum Gasteiger partial charge on any atom is 0.123 e. The highest BCUT2D eigenvalue weighted by molar-refractivity contribution is 5.30. The number of hydrogen-bond acceptors (Lipinski definition) is 1. The third-order valence-corrected chi connectivity index (χ3v) is 3.86. The molecule has 0 amide bonds. The van der Waals surface area contributed by atoms with Gasteiger partial charge >= 0.3 is 0 Å². The molecule has 2 rings (SSSR count). The van der Waals surface area contributed by atoms with Crippen molar-refractivity contribution >= 4 is 0 Å². The fourth-order valence-electron chi connectivity index (χ4n) is 2.50. The maximum absolute atomic E-state index is 13.3. The third kappa shape index (κ3) is 4.15. The Bertz CT molecular complexity index is 581. The fourth-order valence-corrected chi connectivity index (χ4v) is 2.50. The minimum absolute atomic E-state index is 0.163. The van der Waals surface area contributed by atoms with Crippen molar-refractivity contribution in [2.24, 2.45) is 0 Å². The van der Waals surface area contributed by atoms with Gasteiger partial charge < -0.3 is 5.32 Å². The van der Waals surface area contributed by atoms with Crippen LogP contribution < -0.4 is 5.32 Å². The third-order valence-electron chi connectivity index (χ3n) is 3.86. The Balaban J connectivity index is 2.18. The van der Waals surface area contributed by atoms with Gasteiger partial charge in [-0.05, 0) is 47.7 Å². The Morgan fingerprint density at radius 3 is 2.24 bits per heavy atom. The van der Waals surface area contributed by atoms with Gasteiger partial charge in [0.1, 0.15) is 5.82 Å². The highest BCUT2D eigenvalue weighted by atomic mass is 19.1. The van der Waals surface area contributed by atoms with E-state index in [1.54, 1.807) is 12.1 Å². The van der Waals surface area contributed by atoms with Gasteiger partial charge in [0.05, 0.1) is 0 Å². The molecule has 1 nitrogen and oxygen atoms in total. The molecule has 0 saturated heterocycles. The summed E-state index contributed by atoms with van der Waals surface area (Å²) in [5, 5.41) is 3.32. The summed E-state index contributed by atoms with van der Waals surface area (Å²) >= 11 is 0. The first kappa shape index (κ1) is 15.7. The molecule has 1 atom stereocenters. The van der Waals surface area contributed by atoms with Crippen LogP contribution in [0.1, 0.15) is 43.5 Å². The summed E-state index contributed by atoms with van der Waals surface area (Å²) < 4.78 is 13.3. The predicted octanol–water partition coefficient (Wildman–Crippen LogP) is 4.63. The highest BCUT2D eigenvalue weighted by Crippen LogP contribution is 2.25. The zero-order valence-corrected chi connectivity index (χ0v) is 13.3. The van der Waals surface area contributed by atoms with E-state index in [0.717, 1.165) is 12.0 Å². The van der Waals surface area contributed by atoms with E-state index in [0.29, 0.717) is 0 Å². The van der Waals surface area contributed by atoms with Crippen LogP contribution in [0.3, 0.4) is 0 Å². The molecular weight excluding hydrogens is 261 g/mol. The summed E-state index contributed by atoms with van der Waals surface area (Å²) in [7, 11) is 1.95. The Morgan fingerprint density at radius 1 is 1.05 bits per heavy atom. The molecule has 0 radical (unpaired) electrons. The number of benzene rings is 2. The normalized spacial score (nSPS) is 13.2. The Kier molecular flexibility index (Phi) is 4.79. The van der Waals surface area contributed by atoms with Crippen LogP contribution in [-0.2, 0) is 11.8 Å². The number of likely N-dealkylation sites (N-methyl/N-ethyl adjacent to an activating group) is 1. The smallest absolute Gasteiger partial charge is 0.123 e. The van der Waals surface area contributed by atoms with Crippen molar-refractivity contribution in [2.75, 3.05) is 7.05 Å². The molecule has 112 valence electrons. The van der Waals surface area contributed by atoms with Crippen LogP contribution in [0.5, 0.6) is 0 Å². The van der Waals surface area contributed by atoms with E-state index in [1.165, 1.54) is 17.2 Å². The van der Waals surface area contributed by atoms with Gasteiger partial charge in [0.2, 0.25) is 0 Å². The van der Waals surface area contributed by atoms with Crippen molar-refractivity contribution in [3.8, 4) is 0 Å². The standard InChI is InChI=1S/C19H24FN/c1-19(2,3)16-10-8-15(9-11-16)18(21-4)13-14-6-5-7-17(20)12-14/h5-12,18,21H,13H2,1-4H3. The van der Waals surface area contributed by atoms with E-state index in [1.807, 2.05) is 13.1 Å². The van der Waals surface area contributed by atoms with E-state index in [2.05, 4.69) is 50.4 Å². The lowest BCUT2D eigenvalue weighted by molar-refractivity contribution is 0.576. The van der Waals surface area contributed by atoms with Crippen molar-refractivity contribution in [2.45, 2.75) is 38.6 Å². The molecule has 0 aliphatic carbocycles. The van der Waals surface area contributed by atoms with Gasteiger partial charge in [0, 0.05) is 6.04 Å². The molecule has 2 heteroatoms. The molecule has 0 saturated carbocycles. The minimum Gasteiger partial charge on any atom is -0.313 e. The van der Waals surface area contributed by atoms with Crippen LogP contribution in [0.15, 0.2) is 48.5 Å². The molecule has 2 aromatic carbocycles. The SMILES string of the molecule is CNC(Cc1cccc(F)c1)c1ccc(C(C)(C)C)cc1. The van der Waals surface area contributed by atoms with E-state index < -0.39 is 0 Å². The summed E-state index contributed by atoms with van der Waals surface area (Å²) in [6.45, 7) is 6.64. The van der Waals surface area contributed by atoms with Crippen LogP contribution in [-0.4, -0.2) is 7.05 Å². The summed E-state index contributed by atoms with van der Waals surface area (Å²) in [6, 6.07) is 15.7. The zero-order chi connectivity index (χ0) is 15.5. The second-order valence-electron chi connectivity index (χ2n) is 6.55. The van der Waals surface area contributed by atoms with Gasteiger partial charge in [-0.15, -0.1) is 0 Å². The van der Waals surface area contributed by atoms with Crippen LogP contribution >= 0.6 is 0 Å². The fraction of sp³-hybridized carbons (Fsp3) is 0.368. The van der Waals surface area contributed by atoms with Crippen molar-refractivity contribution in [3.05, 3.63) is 71.0 Å². The molecule has 0 aliphatic heterocycles. The van der Waals surface area contributed by atoms with Gasteiger partial charge in [0.15, 0.2) is 0 Å². The molecule has 1 unspecified atom stereocenters. The van der Waals surface area contributed by atoms with Crippen molar-refractivity contribution in [1.82, 2.24) is 5.32 Å². The molecular formula is C19H24FN. The molecule has 0 aromatic heterocycles. The lowest BCUT2D eigenvalue weighted by Gasteiger charge is -2.21. The van der Waals surface area contributed by atoms with E-state index in [9.17, 15) is 4.39 Å². The molecule has 21 heavy (non-hydrogen) atoms. The lowest BCUT2D eigenvalue weighted by Crippen LogP contribution is -2.19. The van der Waals surface area contributed by atoms with E-state index in [-0.39, 0.29) is 17.3 Å². The monoisotopic (exact) mass is 285 g/mol. The second kappa shape index (κ2) is 6.40. The van der Waals surface area contributed by atoms with Gasteiger partial charge in [-0.2, -0.15) is 0 Å². The van der Waals surface area contributed by atoms with Gasteiger partial charge in [0.25, 0.3) is 0 Å². The Labute approximate surface area is 127 Å². The molecule has 0 bridgehead atoms. The first-order valence-corrected chi connectivity index (χ1v) is 7.42. The van der Waals surface area contributed by atoms with Crippen molar-refractivity contribution in [3.63, 3.8) is 0 Å². The van der Waals surface area contributed by atoms with Crippen LogP contribution in [0, 0.1) is 5.82 Å². The number of nitrogens with one attached hydrogen (secondary N) is 1. The van der Waals surface area contributed by atoms with Gasteiger partial charge in [-0.3, -0.25) is 0 Å². The average molecular weight is 285 g/mol. The predicted molar refractivity (Wildman–Crippen MR) is 87.0 cm³/mol.